The molecule has 0 saturated carbocycles. The minimum absolute atomic E-state index is 0.0124. The van der Waals surface area contributed by atoms with Crippen LogP contribution in [-0.2, 0) is 51.3 Å². The summed E-state index contributed by atoms with van der Waals surface area (Å²) in [5.74, 6) is -4.28. The van der Waals surface area contributed by atoms with Gasteiger partial charge in [0.15, 0.2) is 0 Å². The van der Waals surface area contributed by atoms with Gasteiger partial charge < -0.3 is 42.2 Å². The zero-order valence-corrected chi connectivity index (χ0v) is 29.1. The number of primary amides is 2. The molecule has 2 aromatic rings. The van der Waals surface area contributed by atoms with Crippen LogP contribution in [0, 0.1) is 5.92 Å². The van der Waals surface area contributed by atoms with Gasteiger partial charge in [-0.25, -0.2) is 9.59 Å². The van der Waals surface area contributed by atoms with E-state index in [9.17, 15) is 33.6 Å². The molecular formula is C36H48N6O9. The predicted octanol–water partition coefficient (Wildman–Crippen LogP) is 1.28. The van der Waals surface area contributed by atoms with Crippen molar-refractivity contribution in [1.82, 2.24) is 21.3 Å². The third-order valence-corrected chi connectivity index (χ3v) is 7.45. The molecule has 0 aliphatic rings. The van der Waals surface area contributed by atoms with Crippen LogP contribution in [0.2, 0.25) is 0 Å². The zero-order chi connectivity index (χ0) is 37.8. The standard InChI is InChI=1S/C36H48N6O9/c1-23(2)20-28(42-36(49)51-22-25-12-8-5-9-13-25)34(47)41-29(21-24-10-6-4-7-11-24)35(48)40-27(16-18-31(38)44)33(46)39-26(14-17-30(37)43)15-19-32(45)50-3/h4-13,15,19,23,26-29H,14,16-18,20-22H2,1-3H3,(H2,37,43)(H2,38,44)(H,39,46)(H,40,48)(H,41,47)(H,42,49)/b19-15-/t26-,27-,28-,29-/m0/s1. The molecule has 0 fully saturated rings. The first-order valence-corrected chi connectivity index (χ1v) is 16.5. The second kappa shape index (κ2) is 22.1. The lowest BCUT2D eigenvalue weighted by atomic mass is 10.0. The molecule has 0 heterocycles. The number of nitrogens with one attached hydrogen (secondary N) is 4. The maximum Gasteiger partial charge on any atom is 0.408 e. The van der Waals surface area contributed by atoms with Crippen molar-refractivity contribution in [3.05, 3.63) is 83.9 Å². The van der Waals surface area contributed by atoms with Crippen molar-refractivity contribution in [1.29, 1.82) is 0 Å². The number of esters is 1. The number of rotatable bonds is 21. The highest BCUT2D eigenvalue weighted by Gasteiger charge is 2.31. The van der Waals surface area contributed by atoms with Gasteiger partial charge in [-0.05, 0) is 36.3 Å². The average molecular weight is 709 g/mol. The Labute approximate surface area is 297 Å². The van der Waals surface area contributed by atoms with E-state index in [-0.39, 0.29) is 51.0 Å². The summed E-state index contributed by atoms with van der Waals surface area (Å²) < 4.78 is 9.90. The molecule has 15 nitrogen and oxygen atoms in total. The fourth-order valence-electron chi connectivity index (χ4n) is 4.83. The molecule has 0 spiro atoms. The molecule has 15 heteroatoms. The number of hydrogen-bond acceptors (Lipinski definition) is 9. The zero-order valence-electron chi connectivity index (χ0n) is 29.1. The number of amides is 6. The summed E-state index contributed by atoms with van der Waals surface area (Å²) in [6.07, 6.45) is 1.20. The normalized spacial score (nSPS) is 13.3. The summed E-state index contributed by atoms with van der Waals surface area (Å²) in [7, 11) is 1.17. The number of hydrogen-bond donors (Lipinski definition) is 6. The van der Waals surface area contributed by atoms with Crippen LogP contribution >= 0.6 is 0 Å². The summed E-state index contributed by atoms with van der Waals surface area (Å²) in [4.78, 5) is 88.5. The van der Waals surface area contributed by atoms with E-state index in [1.54, 1.807) is 54.6 Å². The highest BCUT2D eigenvalue weighted by molar-refractivity contribution is 5.94. The molecule has 0 unspecified atom stereocenters. The van der Waals surface area contributed by atoms with E-state index in [1.807, 2.05) is 19.9 Å². The molecule has 2 aromatic carbocycles. The smallest absolute Gasteiger partial charge is 0.408 e. The predicted molar refractivity (Wildman–Crippen MR) is 187 cm³/mol. The lowest BCUT2D eigenvalue weighted by Gasteiger charge is -2.26. The van der Waals surface area contributed by atoms with Gasteiger partial charge in [-0.2, -0.15) is 0 Å². The lowest BCUT2D eigenvalue weighted by molar-refractivity contribution is -0.135. The highest BCUT2D eigenvalue weighted by Crippen LogP contribution is 2.11. The molecule has 0 radical (unpaired) electrons. The first kappa shape index (κ1) is 41.4. The minimum Gasteiger partial charge on any atom is -0.466 e. The van der Waals surface area contributed by atoms with Crippen LogP contribution in [0.4, 0.5) is 4.79 Å². The summed E-state index contributed by atoms with van der Waals surface area (Å²) in [5, 5.41) is 10.6. The Morgan fingerprint density at radius 1 is 0.686 bits per heavy atom. The van der Waals surface area contributed by atoms with Gasteiger partial charge in [0.2, 0.25) is 29.5 Å². The van der Waals surface area contributed by atoms with Crippen LogP contribution in [0.5, 0.6) is 0 Å². The van der Waals surface area contributed by atoms with E-state index < -0.39 is 65.8 Å². The Kier molecular flexibility index (Phi) is 17.9. The highest BCUT2D eigenvalue weighted by atomic mass is 16.5. The third-order valence-electron chi connectivity index (χ3n) is 7.45. The molecule has 0 aromatic heterocycles. The maximum atomic E-state index is 13.9. The lowest BCUT2D eigenvalue weighted by Crippen LogP contribution is -2.58. The number of nitrogens with two attached hydrogens (primary N) is 2. The van der Waals surface area contributed by atoms with Crippen molar-refractivity contribution >= 4 is 41.6 Å². The van der Waals surface area contributed by atoms with E-state index in [1.165, 1.54) is 13.2 Å². The van der Waals surface area contributed by atoms with Crippen molar-refractivity contribution in [2.75, 3.05) is 7.11 Å². The Morgan fingerprint density at radius 3 is 1.78 bits per heavy atom. The number of alkyl carbamates (subject to hydrolysis) is 1. The number of carbonyl (C=O) groups is 7. The molecule has 2 rings (SSSR count). The van der Waals surface area contributed by atoms with Crippen LogP contribution < -0.4 is 32.7 Å². The van der Waals surface area contributed by atoms with Crippen LogP contribution in [0.1, 0.15) is 57.1 Å². The molecule has 0 saturated heterocycles. The molecular weight excluding hydrogens is 660 g/mol. The van der Waals surface area contributed by atoms with Crippen LogP contribution in [0.15, 0.2) is 72.8 Å². The Balaban J connectivity index is 2.30. The molecule has 0 aliphatic carbocycles. The van der Waals surface area contributed by atoms with Gasteiger partial charge in [-0.15, -0.1) is 0 Å². The van der Waals surface area contributed by atoms with Crippen molar-refractivity contribution in [3.8, 4) is 0 Å². The summed E-state index contributed by atoms with van der Waals surface area (Å²) in [6, 6.07) is 13.3. The molecule has 51 heavy (non-hydrogen) atoms. The fraction of sp³-hybridized carbons (Fsp3) is 0.417. The van der Waals surface area contributed by atoms with Crippen LogP contribution in [0.3, 0.4) is 0 Å². The largest absolute Gasteiger partial charge is 0.466 e. The van der Waals surface area contributed by atoms with Gasteiger partial charge in [0, 0.05) is 31.4 Å². The fourth-order valence-corrected chi connectivity index (χ4v) is 4.83. The first-order valence-electron chi connectivity index (χ1n) is 16.5. The van der Waals surface area contributed by atoms with Crippen molar-refractivity contribution < 1.29 is 43.0 Å². The molecule has 0 bridgehead atoms. The van der Waals surface area contributed by atoms with Crippen LogP contribution in [-0.4, -0.2) is 72.9 Å². The summed E-state index contributed by atoms with van der Waals surface area (Å²) in [6.45, 7) is 3.72. The summed E-state index contributed by atoms with van der Waals surface area (Å²) >= 11 is 0. The molecule has 0 aliphatic heterocycles. The van der Waals surface area contributed by atoms with E-state index >= 15 is 0 Å². The SMILES string of the molecule is COC(=O)/C=C\[C@H](CCC(N)=O)NC(=O)[C@H](CCC(N)=O)NC(=O)[C@H](Cc1ccccc1)NC(=O)[C@H](CC(C)C)NC(=O)OCc1ccccc1. The monoisotopic (exact) mass is 708 g/mol. The van der Waals surface area contributed by atoms with Gasteiger partial charge in [0.25, 0.3) is 0 Å². The molecule has 8 N–H and O–H groups in total. The van der Waals surface area contributed by atoms with Gasteiger partial charge in [-0.1, -0.05) is 80.6 Å². The average Bonchev–Trinajstić information content (AvgIpc) is 3.09. The van der Waals surface area contributed by atoms with Gasteiger partial charge in [0.1, 0.15) is 24.7 Å². The van der Waals surface area contributed by atoms with Gasteiger partial charge >= 0.3 is 12.1 Å². The van der Waals surface area contributed by atoms with E-state index in [0.717, 1.165) is 11.6 Å². The number of benzene rings is 2. The molecule has 4 atom stereocenters. The molecule has 6 amide bonds. The van der Waals surface area contributed by atoms with E-state index in [2.05, 4.69) is 26.0 Å². The minimum atomic E-state index is -1.32. The number of ether oxygens (including phenoxy) is 2. The van der Waals surface area contributed by atoms with Crippen molar-refractivity contribution in [2.24, 2.45) is 17.4 Å². The Hall–Kier alpha value is -5.73. The summed E-state index contributed by atoms with van der Waals surface area (Å²) in [5.41, 5.74) is 12.1. The second-order valence-corrected chi connectivity index (χ2v) is 12.2. The van der Waals surface area contributed by atoms with Gasteiger partial charge in [-0.3, -0.25) is 24.0 Å². The Morgan fingerprint density at radius 2 is 1.22 bits per heavy atom. The van der Waals surface area contributed by atoms with E-state index in [0.29, 0.717) is 5.56 Å². The Bertz CT molecular complexity index is 1500. The third kappa shape index (κ3) is 17.0. The maximum absolute atomic E-state index is 13.9. The number of methoxy groups -OCH3 is 1. The second-order valence-electron chi connectivity index (χ2n) is 12.2. The number of carbonyl (C=O) groups excluding carboxylic acids is 7. The van der Waals surface area contributed by atoms with Crippen molar-refractivity contribution in [2.45, 2.75) is 83.1 Å². The first-order chi connectivity index (χ1) is 24.3. The quantitative estimate of drug-likeness (QED) is 0.0808. The van der Waals surface area contributed by atoms with Crippen molar-refractivity contribution in [3.63, 3.8) is 0 Å². The van der Waals surface area contributed by atoms with Gasteiger partial charge in [0.05, 0.1) is 7.11 Å². The molecule has 276 valence electrons. The topological polar surface area (TPSA) is 238 Å². The van der Waals surface area contributed by atoms with Crippen LogP contribution in [0.25, 0.3) is 0 Å². The van der Waals surface area contributed by atoms with E-state index in [4.69, 9.17) is 16.2 Å².